The molecular formula is C6H6N5O3P. The molecule has 2 rings (SSSR count). The molecule has 0 unspecified atom stereocenters. The molecule has 8 nitrogen and oxygen atoms in total. The van der Waals surface area contributed by atoms with Crippen LogP contribution < -0.4 is 10.6 Å². The summed E-state index contributed by atoms with van der Waals surface area (Å²) in [4.78, 5) is 16.4. The van der Waals surface area contributed by atoms with Crippen LogP contribution in [-0.4, -0.2) is 26.0 Å². The minimum atomic E-state index is -2.61. The van der Waals surface area contributed by atoms with Gasteiger partial charge in [-0.3, -0.25) is 0 Å². The van der Waals surface area contributed by atoms with Crippen molar-refractivity contribution in [2.24, 2.45) is 0 Å². The molecule has 0 aliphatic rings. The summed E-state index contributed by atoms with van der Waals surface area (Å²) in [5.41, 5.74) is 6.23. The van der Waals surface area contributed by atoms with E-state index in [-0.39, 0.29) is 5.82 Å². The van der Waals surface area contributed by atoms with Gasteiger partial charge in [0, 0.05) is 0 Å². The van der Waals surface area contributed by atoms with Crippen LogP contribution >= 0.6 is 7.68 Å². The maximum Gasteiger partial charge on any atom is 0.356 e. The zero-order valence-electron chi connectivity index (χ0n) is 7.40. The van der Waals surface area contributed by atoms with Crippen molar-refractivity contribution in [3.63, 3.8) is 0 Å². The number of rotatable bonds is 3. The van der Waals surface area contributed by atoms with Crippen LogP contribution in [-0.2, 0) is 9.13 Å². The Bertz CT molecular complexity index is 555. The number of nitrogen functional groups attached to an aromatic ring is 1. The molecule has 0 atom stereocenters. The molecule has 0 spiro atoms. The third-order valence-corrected chi connectivity index (χ3v) is 1.96. The fraction of sp³-hybridized carbons (Fsp3) is 0.167. The fourth-order valence-corrected chi connectivity index (χ4v) is 1.26. The third kappa shape index (κ3) is 1.79. The summed E-state index contributed by atoms with van der Waals surface area (Å²) in [7, 11) is -2.61. The number of imidazole rings is 1. The number of hydrogen-bond donors (Lipinski definition) is 1. The minimum absolute atomic E-state index is 0.217. The van der Waals surface area contributed by atoms with E-state index in [1.165, 1.54) is 12.7 Å². The van der Waals surface area contributed by atoms with Crippen LogP contribution in [0.4, 0.5) is 5.82 Å². The largest absolute Gasteiger partial charge is 0.395 e. The molecule has 0 saturated carbocycles. The molecule has 2 aromatic rings. The monoisotopic (exact) mass is 227 g/mol. The lowest BCUT2D eigenvalue weighted by Crippen LogP contribution is -2.09. The predicted octanol–water partition coefficient (Wildman–Crippen LogP) is -0.0325. The SMILES string of the molecule is Nc1ncnc2c1ncn2OCP(=O)=O. The number of aromatic nitrogens is 4. The van der Waals surface area contributed by atoms with Crippen molar-refractivity contribution >= 4 is 24.7 Å². The normalized spacial score (nSPS) is 10.4. The second-order valence-corrected chi connectivity index (χ2v) is 3.52. The van der Waals surface area contributed by atoms with Gasteiger partial charge in [-0.25, -0.2) is 24.1 Å². The van der Waals surface area contributed by atoms with Gasteiger partial charge in [-0.15, -0.1) is 0 Å². The molecule has 15 heavy (non-hydrogen) atoms. The Morgan fingerprint density at radius 2 is 2.20 bits per heavy atom. The van der Waals surface area contributed by atoms with Gasteiger partial charge in [0.05, 0.1) is 0 Å². The predicted molar refractivity (Wildman–Crippen MR) is 49.5 cm³/mol. The van der Waals surface area contributed by atoms with Crippen LogP contribution in [0.2, 0.25) is 0 Å². The van der Waals surface area contributed by atoms with Crippen molar-refractivity contribution in [1.29, 1.82) is 0 Å². The van der Waals surface area contributed by atoms with Crippen LogP contribution in [0.25, 0.3) is 11.2 Å². The zero-order chi connectivity index (χ0) is 10.8. The summed E-state index contributed by atoms with van der Waals surface area (Å²) in [5, 5.41) is 0. The molecule has 0 aliphatic heterocycles. The van der Waals surface area contributed by atoms with Gasteiger partial charge in [-0.2, -0.15) is 4.73 Å². The Morgan fingerprint density at radius 1 is 1.40 bits per heavy atom. The highest BCUT2D eigenvalue weighted by atomic mass is 31.1. The topological polar surface area (TPSA) is 113 Å². The second-order valence-electron chi connectivity index (χ2n) is 2.59. The second kappa shape index (κ2) is 3.66. The third-order valence-electron chi connectivity index (χ3n) is 1.63. The molecule has 2 heterocycles. The smallest absolute Gasteiger partial charge is 0.356 e. The highest BCUT2D eigenvalue weighted by Gasteiger charge is 2.08. The number of fused-ring (bicyclic) bond motifs is 1. The maximum absolute atomic E-state index is 10.3. The van der Waals surface area contributed by atoms with Crippen molar-refractivity contribution < 1.29 is 14.0 Å². The minimum Gasteiger partial charge on any atom is -0.395 e. The quantitative estimate of drug-likeness (QED) is 0.732. The Labute approximate surface area is 83.9 Å². The highest BCUT2D eigenvalue weighted by Crippen LogP contribution is 2.13. The first kappa shape index (κ1) is 9.60. The molecule has 78 valence electrons. The van der Waals surface area contributed by atoms with E-state index in [1.807, 2.05) is 0 Å². The summed E-state index contributed by atoms with van der Waals surface area (Å²) in [6, 6.07) is 0. The number of nitrogens with two attached hydrogens (primary N) is 1. The Hall–Kier alpha value is -1.95. The fourth-order valence-electron chi connectivity index (χ4n) is 1.04. The standard InChI is InChI=1S/C6H6N5O3P/c7-5-4-6(9-1-8-5)11(2-10-4)14-3-15(12)13/h1-2H,3H2,(H2,7,8,9). The van der Waals surface area contributed by atoms with Crippen LogP contribution in [0.5, 0.6) is 0 Å². The van der Waals surface area contributed by atoms with Crippen LogP contribution in [0.15, 0.2) is 12.7 Å². The van der Waals surface area contributed by atoms with Crippen molar-refractivity contribution in [3.05, 3.63) is 12.7 Å². The van der Waals surface area contributed by atoms with Gasteiger partial charge < -0.3 is 10.6 Å². The molecule has 2 aromatic heterocycles. The average molecular weight is 227 g/mol. The lowest BCUT2D eigenvalue weighted by atomic mass is 10.5. The van der Waals surface area contributed by atoms with Gasteiger partial charge in [-0.05, 0) is 0 Å². The van der Waals surface area contributed by atoms with Crippen LogP contribution in [0, 0.1) is 0 Å². The first-order chi connectivity index (χ1) is 7.18. The van der Waals surface area contributed by atoms with Crippen LogP contribution in [0.3, 0.4) is 0 Å². The molecular weight excluding hydrogens is 221 g/mol. The molecule has 0 aliphatic carbocycles. The van der Waals surface area contributed by atoms with E-state index in [1.54, 1.807) is 0 Å². The summed E-state index contributed by atoms with van der Waals surface area (Å²) < 4.78 is 21.8. The van der Waals surface area contributed by atoms with Gasteiger partial charge in [0.15, 0.2) is 11.3 Å². The molecule has 0 saturated heterocycles. The lowest BCUT2D eigenvalue weighted by Gasteiger charge is -2.00. The molecule has 0 radical (unpaired) electrons. The van der Waals surface area contributed by atoms with Crippen LogP contribution in [0.1, 0.15) is 0 Å². The van der Waals surface area contributed by atoms with Crippen molar-refractivity contribution in [2.75, 3.05) is 12.1 Å². The van der Waals surface area contributed by atoms with Crippen molar-refractivity contribution in [2.45, 2.75) is 0 Å². The first-order valence-corrected chi connectivity index (χ1v) is 5.23. The van der Waals surface area contributed by atoms with E-state index in [9.17, 15) is 9.13 Å². The van der Waals surface area contributed by atoms with Gasteiger partial charge in [0.25, 0.3) is 0 Å². The Morgan fingerprint density at radius 3 is 2.93 bits per heavy atom. The number of nitrogens with zero attached hydrogens (tertiary/aromatic N) is 4. The number of hydrogen-bond acceptors (Lipinski definition) is 7. The molecule has 0 amide bonds. The van der Waals surface area contributed by atoms with E-state index in [0.717, 1.165) is 4.73 Å². The van der Waals surface area contributed by atoms with Gasteiger partial charge >= 0.3 is 7.68 Å². The summed E-state index contributed by atoms with van der Waals surface area (Å²) in [6.45, 7) is 0. The molecule has 0 fully saturated rings. The first-order valence-electron chi connectivity index (χ1n) is 3.87. The van der Waals surface area contributed by atoms with E-state index in [0.29, 0.717) is 11.2 Å². The molecule has 2 N–H and O–H groups in total. The molecule has 0 aromatic carbocycles. The maximum atomic E-state index is 10.3. The Kier molecular flexibility index (Phi) is 2.34. The molecule has 9 heteroatoms. The summed E-state index contributed by atoms with van der Waals surface area (Å²) in [6.07, 6.45) is 2.09. The van der Waals surface area contributed by atoms with E-state index < -0.39 is 14.0 Å². The Balaban J connectivity index is 2.41. The van der Waals surface area contributed by atoms with Gasteiger partial charge in [0.2, 0.25) is 12.0 Å². The average Bonchev–Trinajstić information content (AvgIpc) is 2.59. The van der Waals surface area contributed by atoms with Gasteiger partial charge in [0.1, 0.15) is 12.7 Å². The van der Waals surface area contributed by atoms with E-state index in [4.69, 9.17) is 10.6 Å². The lowest BCUT2D eigenvalue weighted by molar-refractivity contribution is 0.155. The molecule has 0 bridgehead atoms. The van der Waals surface area contributed by atoms with Crippen molar-refractivity contribution in [1.82, 2.24) is 19.7 Å². The number of anilines is 1. The highest BCUT2D eigenvalue weighted by molar-refractivity contribution is 7.30. The summed E-state index contributed by atoms with van der Waals surface area (Å²) >= 11 is 0. The van der Waals surface area contributed by atoms with Crippen molar-refractivity contribution in [3.8, 4) is 0 Å². The van der Waals surface area contributed by atoms with E-state index >= 15 is 0 Å². The summed E-state index contributed by atoms with van der Waals surface area (Å²) in [5.74, 6) is 0.217. The zero-order valence-corrected chi connectivity index (χ0v) is 8.29. The van der Waals surface area contributed by atoms with E-state index in [2.05, 4.69) is 15.0 Å². The van der Waals surface area contributed by atoms with Gasteiger partial charge in [-0.1, -0.05) is 0 Å².